The summed E-state index contributed by atoms with van der Waals surface area (Å²) >= 11 is 4.82. The highest BCUT2D eigenvalue weighted by Gasteiger charge is 2.49. The fraction of sp³-hybridized carbons (Fsp3) is 0.500. The number of halogens is 1. The van der Waals surface area contributed by atoms with Gasteiger partial charge in [-0.05, 0) is 30.7 Å². The van der Waals surface area contributed by atoms with Gasteiger partial charge in [0.15, 0.2) is 15.0 Å². The van der Waals surface area contributed by atoms with Crippen LogP contribution in [0.25, 0.3) is 0 Å². The molecule has 2 aliphatic heterocycles. The molecule has 0 radical (unpaired) electrons. The Balaban J connectivity index is 1.98. The van der Waals surface area contributed by atoms with Crippen molar-refractivity contribution >= 4 is 54.3 Å². The molecule has 0 spiro atoms. The van der Waals surface area contributed by atoms with E-state index in [1.807, 2.05) is 43.0 Å². The van der Waals surface area contributed by atoms with Crippen molar-refractivity contribution in [1.82, 2.24) is 0 Å². The maximum absolute atomic E-state index is 12.3. The van der Waals surface area contributed by atoms with Gasteiger partial charge in [0, 0.05) is 21.3 Å². The first-order chi connectivity index (χ1) is 11.3. The average molecular weight is 431 g/mol. The summed E-state index contributed by atoms with van der Waals surface area (Å²) in [5, 5.41) is 0.551. The van der Waals surface area contributed by atoms with Crippen LogP contribution in [-0.4, -0.2) is 42.3 Å². The number of carbonyl (C=O) groups is 1. The molecule has 0 saturated carbocycles. The third-order valence-corrected chi connectivity index (χ3v) is 8.15. The van der Waals surface area contributed by atoms with Crippen LogP contribution in [0.5, 0.6) is 0 Å². The Morgan fingerprint density at radius 1 is 1.38 bits per heavy atom. The average Bonchev–Trinajstić information content (AvgIpc) is 2.98. The lowest BCUT2D eigenvalue weighted by atomic mass is 10.1. The Bertz CT molecular complexity index is 777. The third-order valence-electron chi connectivity index (χ3n) is 4.41. The molecule has 1 aromatic rings. The Morgan fingerprint density at radius 2 is 2.04 bits per heavy atom. The molecule has 2 heterocycles. The van der Waals surface area contributed by atoms with Gasteiger partial charge in [-0.2, -0.15) is 4.99 Å². The van der Waals surface area contributed by atoms with Crippen LogP contribution in [0.4, 0.5) is 5.69 Å². The molecule has 0 aromatic heterocycles. The first-order valence-corrected chi connectivity index (χ1v) is 11.3. The normalized spacial score (nSPS) is 28.1. The van der Waals surface area contributed by atoms with Crippen molar-refractivity contribution in [3.63, 3.8) is 0 Å². The van der Waals surface area contributed by atoms with Crippen molar-refractivity contribution in [3.05, 3.63) is 28.7 Å². The summed E-state index contributed by atoms with van der Waals surface area (Å²) in [6, 6.07) is 7.49. The van der Waals surface area contributed by atoms with E-state index in [-0.39, 0.29) is 34.6 Å². The molecule has 8 heteroatoms. The highest BCUT2D eigenvalue weighted by Crippen LogP contribution is 2.41. The van der Waals surface area contributed by atoms with Crippen LogP contribution in [0, 0.1) is 5.92 Å². The van der Waals surface area contributed by atoms with Gasteiger partial charge in [-0.15, -0.1) is 0 Å². The van der Waals surface area contributed by atoms with Gasteiger partial charge in [0.1, 0.15) is 0 Å². The molecule has 24 heavy (non-hydrogen) atoms. The minimum atomic E-state index is -3.04. The van der Waals surface area contributed by atoms with Gasteiger partial charge in [-0.25, -0.2) is 8.42 Å². The van der Waals surface area contributed by atoms with Gasteiger partial charge in [-0.1, -0.05) is 41.5 Å². The minimum absolute atomic E-state index is 0.0675. The number of hydrogen-bond donors (Lipinski definition) is 0. The molecular weight excluding hydrogens is 412 g/mol. The summed E-state index contributed by atoms with van der Waals surface area (Å²) in [7, 11) is -3.04. The molecule has 2 aliphatic rings. The number of sulfone groups is 1. The van der Waals surface area contributed by atoms with Gasteiger partial charge in [0.05, 0.1) is 17.5 Å². The van der Waals surface area contributed by atoms with E-state index >= 15 is 0 Å². The fourth-order valence-electron chi connectivity index (χ4n) is 2.85. The maximum atomic E-state index is 12.3. The molecule has 0 unspecified atom stereocenters. The van der Waals surface area contributed by atoms with Crippen LogP contribution in [0.2, 0.25) is 0 Å². The van der Waals surface area contributed by atoms with E-state index in [2.05, 4.69) is 20.9 Å². The number of hydrogen-bond acceptors (Lipinski definition) is 4. The molecule has 1 aromatic carbocycles. The summed E-state index contributed by atoms with van der Waals surface area (Å²) in [6.45, 7) is 3.82. The van der Waals surface area contributed by atoms with E-state index in [0.29, 0.717) is 5.17 Å². The monoisotopic (exact) mass is 430 g/mol. The summed E-state index contributed by atoms with van der Waals surface area (Å²) in [5.74, 6) is -0.0256. The fourth-order valence-corrected chi connectivity index (χ4v) is 7.03. The van der Waals surface area contributed by atoms with E-state index in [9.17, 15) is 13.2 Å². The second-order valence-corrected chi connectivity index (χ2v) is 10.5. The lowest BCUT2D eigenvalue weighted by Crippen LogP contribution is -2.37. The number of thioether (sulfide) groups is 1. The van der Waals surface area contributed by atoms with Gasteiger partial charge in [0.2, 0.25) is 0 Å². The first kappa shape index (κ1) is 17.9. The van der Waals surface area contributed by atoms with Crippen LogP contribution < -0.4 is 4.90 Å². The Labute approximate surface area is 155 Å². The number of fused-ring (bicyclic) bond motifs is 1. The highest BCUT2D eigenvalue weighted by molar-refractivity contribution is 9.10. The van der Waals surface area contributed by atoms with Crippen LogP contribution >= 0.6 is 27.7 Å². The molecule has 1 amide bonds. The Hall–Kier alpha value is -0.860. The van der Waals surface area contributed by atoms with E-state index in [0.717, 1.165) is 16.6 Å². The third kappa shape index (κ3) is 3.55. The standard InChI is InChI=1S/C16H19BrN2O3S2/c1-3-10(2)15(20)18-16-19(12-6-4-11(17)5-7-12)13-8-24(21,22)9-14(13)23-16/h4-7,10,13-14H,3,8-9H2,1-2H3/t10-,13-,14-/m0/s1. The Kier molecular flexibility index (Phi) is 5.09. The van der Waals surface area contributed by atoms with Crippen molar-refractivity contribution < 1.29 is 13.2 Å². The molecule has 3 rings (SSSR count). The van der Waals surface area contributed by atoms with Gasteiger partial charge >= 0.3 is 0 Å². The molecule has 5 nitrogen and oxygen atoms in total. The zero-order chi connectivity index (χ0) is 17.5. The zero-order valence-electron chi connectivity index (χ0n) is 13.5. The minimum Gasteiger partial charge on any atom is -0.316 e. The molecule has 0 aliphatic carbocycles. The van der Waals surface area contributed by atoms with Crippen molar-refractivity contribution in [2.45, 2.75) is 31.6 Å². The smallest absolute Gasteiger partial charge is 0.250 e. The number of aliphatic imine (C=N–C) groups is 1. The number of amidine groups is 1. The zero-order valence-corrected chi connectivity index (χ0v) is 16.7. The van der Waals surface area contributed by atoms with Crippen LogP contribution in [0.15, 0.2) is 33.7 Å². The molecule has 0 bridgehead atoms. The highest BCUT2D eigenvalue weighted by atomic mass is 79.9. The predicted octanol–water partition coefficient (Wildman–Crippen LogP) is 3.10. The van der Waals surface area contributed by atoms with Crippen molar-refractivity contribution in [2.24, 2.45) is 10.9 Å². The van der Waals surface area contributed by atoms with Crippen LogP contribution in [0.3, 0.4) is 0 Å². The molecule has 3 atom stereocenters. The molecular formula is C16H19BrN2O3S2. The number of anilines is 1. The van der Waals surface area contributed by atoms with Gasteiger partial charge < -0.3 is 4.90 Å². The van der Waals surface area contributed by atoms with Crippen LogP contribution in [-0.2, 0) is 14.6 Å². The van der Waals surface area contributed by atoms with Crippen molar-refractivity contribution in [1.29, 1.82) is 0 Å². The molecule has 0 N–H and O–H groups in total. The molecule has 2 saturated heterocycles. The largest absolute Gasteiger partial charge is 0.316 e. The second-order valence-electron chi connectivity index (χ2n) is 6.19. The molecule has 130 valence electrons. The maximum Gasteiger partial charge on any atom is 0.250 e. The van der Waals surface area contributed by atoms with Crippen molar-refractivity contribution in [2.75, 3.05) is 16.4 Å². The predicted molar refractivity (Wildman–Crippen MR) is 102 cm³/mol. The summed E-state index contributed by atoms with van der Waals surface area (Å²) in [4.78, 5) is 18.5. The van der Waals surface area contributed by atoms with Gasteiger partial charge in [0.25, 0.3) is 5.91 Å². The number of amides is 1. The van der Waals surface area contributed by atoms with E-state index < -0.39 is 9.84 Å². The lowest BCUT2D eigenvalue weighted by molar-refractivity contribution is -0.121. The summed E-state index contributed by atoms with van der Waals surface area (Å²) < 4.78 is 25.0. The number of benzene rings is 1. The quantitative estimate of drug-likeness (QED) is 0.736. The lowest BCUT2D eigenvalue weighted by Gasteiger charge is -2.24. The van der Waals surface area contributed by atoms with Crippen molar-refractivity contribution in [3.8, 4) is 0 Å². The summed E-state index contributed by atoms with van der Waals surface area (Å²) in [6.07, 6.45) is 0.736. The number of rotatable bonds is 3. The van der Waals surface area contributed by atoms with Crippen LogP contribution in [0.1, 0.15) is 20.3 Å². The number of nitrogens with zero attached hydrogens (tertiary/aromatic N) is 2. The summed E-state index contributed by atoms with van der Waals surface area (Å²) in [5.41, 5.74) is 0.867. The Morgan fingerprint density at radius 3 is 2.67 bits per heavy atom. The van der Waals surface area contributed by atoms with E-state index in [1.165, 1.54) is 11.8 Å². The van der Waals surface area contributed by atoms with E-state index in [1.54, 1.807) is 0 Å². The van der Waals surface area contributed by atoms with Gasteiger partial charge in [-0.3, -0.25) is 4.79 Å². The topological polar surface area (TPSA) is 66.8 Å². The SMILES string of the molecule is CC[C@H](C)C(=O)N=C1S[C@H]2CS(=O)(=O)C[C@@H]2N1c1ccc(Br)cc1. The van der Waals surface area contributed by atoms with E-state index in [4.69, 9.17) is 0 Å². The molecule has 2 fully saturated rings. The first-order valence-electron chi connectivity index (χ1n) is 7.85. The second kappa shape index (κ2) is 6.80. The number of carbonyl (C=O) groups excluding carboxylic acids is 1.